The molecule has 0 bridgehead atoms. The SMILES string of the molecule is C/C(=C\[C@H](C)CO)[C@H](O)CCc1ccccc1. The maximum atomic E-state index is 9.97. The van der Waals surface area contributed by atoms with Crippen molar-refractivity contribution >= 4 is 0 Å². The van der Waals surface area contributed by atoms with Gasteiger partial charge in [-0.05, 0) is 36.8 Å². The summed E-state index contributed by atoms with van der Waals surface area (Å²) in [5.41, 5.74) is 2.19. The first kappa shape index (κ1) is 13.9. The van der Waals surface area contributed by atoms with Crippen LogP contribution in [-0.2, 0) is 6.42 Å². The van der Waals surface area contributed by atoms with Crippen molar-refractivity contribution < 1.29 is 10.2 Å². The maximum Gasteiger partial charge on any atom is 0.0750 e. The van der Waals surface area contributed by atoms with E-state index in [1.54, 1.807) is 0 Å². The van der Waals surface area contributed by atoms with E-state index in [1.165, 1.54) is 5.56 Å². The van der Waals surface area contributed by atoms with E-state index in [-0.39, 0.29) is 12.5 Å². The van der Waals surface area contributed by atoms with Gasteiger partial charge in [-0.1, -0.05) is 43.3 Å². The summed E-state index contributed by atoms with van der Waals surface area (Å²) < 4.78 is 0. The molecule has 94 valence electrons. The second-order valence-electron chi connectivity index (χ2n) is 4.61. The Kier molecular flexibility index (Phi) is 5.95. The van der Waals surface area contributed by atoms with Crippen LogP contribution in [0.1, 0.15) is 25.8 Å². The Hall–Kier alpha value is -1.12. The first-order valence-corrected chi connectivity index (χ1v) is 6.14. The molecule has 0 radical (unpaired) electrons. The van der Waals surface area contributed by atoms with Crippen molar-refractivity contribution in [2.24, 2.45) is 5.92 Å². The van der Waals surface area contributed by atoms with E-state index in [4.69, 9.17) is 5.11 Å². The number of aliphatic hydroxyl groups is 2. The monoisotopic (exact) mass is 234 g/mol. The maximum absolute atomic E-state index is 9.97. The normalized spacial score (nSPS) is 15.6. The van der Waals surface area contributed by atoms with E-state index in [0.29, 0.717) is 0 Å². The summed E-state index contributed by atoms with van der Waals surface area (Å²) in [6.07, 6.45) is 3.13. The van der Waals surface area contributed by atoms with Crippen LogP contribution in [-0.4, -0.2) is 22.9 Å². The number of hydrogen-bond donors (Lipinski definition) is 2. The van der Waals surface area contributed by atoms with Crippen LogP contribution in [0.25, 0.3) is 0 Å². The summed E-state index contributed by atoms with van der Waals surface area (Å²) in [7, 11) is 0. The topological polar surface area (TPSA) is 40.5 Å². The molecule has 0 aliphatic carbocycles. The minimum Gasteiger partial charge on any atom is -0.396 e. The molecule has 0 saturated carbocycles. The standard InChI is InChI=1S/C15H22O2/c1-12(11-16)10-13(2)15(17)9-8-14-6-4-3-5-7-14/h3-7,10,12,15-17H,8-9,11H2,1-2H3/b13-10+/t12-,15+/m0/s1. The lowest BCUT2D eigenvalue weighted by Crippen LogP contribution is -2.11. The Morgan fingerprint density at radius 1 is 1.29 bits per heavy atom. The number of aliphatic hydroxyl groups excluding tert-OH is 2. The molecule has 2 heteroatoms. The van der Waals surface area contributed by atoms with Gasteiger partial charge in [0.15, 0.2) is 0 Å². The molecule has 0 aromatic heterocycles. The van der Waals surface area contributed by atoms with Crippen molar-refractivity contribution in [3.05, 3.63) is 47.5 Å². The van der Waals surface area contributed by atoms with Crippen molar-refractivity contribution in [1.29, 1.82) is 0 Å². The zero-order chi connectivity index (χ0) is 12.7. The zero-order valence-corrected chi connectivity index (χ0v) is 10.6. The summed E-state index contributed by atoms with van der Waals surface area (Å²) in [6, 6.07) is 10.2. The van der Waals surface area contributed by atoms with E-state index in [2.05, 4.69) is 12.1 Å². The molecule has 0 unspecified atom stereocenters. The third-order valence-corrected chi connectivity index (χ3v) is 2.91. The molecule has 0 aliphatic heterocycles. The third-order valence-electron chi connectivity index (χ3n) is 2.91. The van der Waals surface area contributed by atoms with E-state index in [9.17, 15) is 5.11 Å². The molecule has 2 nitrogen and oxygen atoms in total. The van der Waals surface area contributed by atoms with Crippen LogP contribution in [0.15, 0.2) is 42.0 Å². The summed E-state index contributed by atoms with van der Waals surface area (Å²) >= 11 is 0. The van der Waals surface area contributed by atoms with Crippen molar-refractivity contribution in [3.8, 4) is 0 Å². The van der Waals surface area contributed by atoms with Crippen LogP contribution in [0.3, 0.4) is 0 Å². The van der Waals surface area contributed by atoms with Gasteiger partial charge < -0.3 is 10.2 Å². The van der Waals surface area contributed by atoms with Crippen LogP contribution in [0.4, 0.5) is 0 Å². The average Bonchev–Trinajstić information content (AvgIpc) is 2.36. The number of rotatable bonds is 6. The minimum absolute atomic E-state index is 0.112. The number of hydrogen-bond acceptors (Lipinski definition) is 2. The van der Waals surface area contributed by atoms with Gasteiger partial charge in [0, 0.05) is 6.61 Å². The van der Waals surface area contributed by atoms with Crippen molar-refractivity contribution in [2.45, 2.75) is 32.8 Å². The van der Waals surface area contributed by atoms with E-state index >= 15 is 0 Å². The fourth-order valence-corrected chi connectivity index (χ4v) is 1.79. The van der Waals surface area contributed by atoms with Crippen LogP contribution >= 0.6 is 0 Å². The first-order valence-electron chi connectivity index (χ1n) is 6.14. The second-order valence-corrected chi connectivity index (χ2v) is 4.61. The lowest BCUT2D eigenvalue weighted by Gasteiger charge is -2.13. The fraction of sp³-hybridized carbons (Fsp3) is 0.467. The molecule has 2 N–H and O–H groups in total. The molecule has 0 saturated heterocycles. The molecular weight excluding hydrogens is 212 g/mol. The van der Waals surface area contributed by atoms with E-state index < -0.39 is 6.10 Å². The highest BCUT2D eigenvalue weighted by Crippen LogP contribution is 2.13. The molecule has 0 heterocycles. The smallest absolute Gasteiger partial charge is 0.0750 e. The molecule has 0 amide bonds. The molecule has 0 spiro atoms. The predicted octanol–water partition coefficient (Wildman–Crippen LogP) is 2.55. The molecule has 17 heavy (non-hydrogen) atoms. The van der Waals surface area contributed by atoms with Gasteiger partial charge in [-0.3, -0.25) is 0 Å². The van der Waals surface area contributed by atoms with Gasteiger partial charge in [-0.15, -0.1) is 0 Å². The Balaban J connectivity index is 2.44. The van der Waals surface area contributed by atoms with Crippen molar-refractivity contribution in [3.63, 3.8) is 0 Å². The Morgan fingerprint density at radius 3 is 2.53 bits per heavy atom. The molecular formula is C15H22O2. The average molecular weight is 234 g/mol. The summed E-state index contributed by atoms with van der Waals surface area (Å²) in [6.45, 7) is 3.98. The van der Waals surface area contributed by atoms with Crippen LogP contribution < -0.4 is 0 Å². The van der Waals surface area contributed by atoms with Gasteiger partial charge in [-0.2, -0.15) is 0 Å². The van der Waals surface area contributed by atoms with E-state index in [1.807, 2.05) is 38.1 Å². The molecule has 0 fully saturated rings. The highest BCUT2D eigenvalue weighted by molar-refractivity contribution is 5.16. The zero-order valence-electron chi connectivity index (χ0n) is 10.6. The lowest BCUT2D eigenvalue weighted by molar-refractivity contribution is 0.198. The van der Waals surface area contributed by atoms with Gasteiger partial charge in [-0.25, -0.2) is 0 Å². The van der Waals surface area contributed by atoms with Gasteiger partial charge in [0.2, 0.25) is 0 Å². The highest BCUT2D eigenvalue weighted by Gasteiger charge is 2.08. The second kappa shape index (κ2) is 7.25. The van der Waals surface area contributed by atoms with Gasteiger partial charge in [0.05, 0.1) is 6.10 Å². The summed E-state index contributed by atoms with van der Waals surface area (Å²) in [5, 5.41) is 18.9. The van der Waals surface area contributed by atoms with Crippen LogP contribution in [0.5, 0.6) is 0 Å². The molecule has 2 atom stereocenters. The quantitative estimate of drug-likeness (QED) is 0.743. The molecule has 1 aromatic carbocycles. The van der Waals surface area contributed by atoms with Crippen LogP contribution in [0.2, 0.25) is 0 Å². The van der Waals surface area contributed by atoms with Crippen molar-refractivity contribution in [1.82, 2.24) is 0 Å². The van der Waals surface area contributed by atoms with Gasteiger partial charge >= 0.3 is 0 Å². The summed E-state index contributed by atoms with van der Waals surface area (Å²) in [5.74, 6) is 0.112. The predicted molar refractivity (Wildman–Crippen MR) is 70.8 cm³/mol. The summed E-state index contributed by atoms with van der Waals surface area (Å²) in [4.78, 5) is 0. The highest BCUT2D eigenvalue weighted by atomic mass is 16.3. The molecule has 0 aliphatic rings. The van der Waals surface area contributed by atoms with Crippen molar-refractivity contribution in [2.75, 3.05) is 6.61 Å². The lowest BCUT2D eigenvalue weighted by atomic mass is 9.99. The Labute approximate surface area is 104 Å². The third kappa shape index (κ3) is 5.16. The van der Waals surface area contributed by atoms with E-state index in [0.717, 1.165) is 18.4 Å². The molecule has 1 aromatic rings. The Bertz CT molecular complexity index is 343. The number of aryl methyl sites for hydroxylation is 1. The minimum atomic E-state index is -0.413. The first-order chi connectivity index (χ1) is 8.13. The molecule has 1 rings (SSSR count). The fourth-order valence-electron chi connectivity index (χ4n) is 1.79. The Morgan fingerprint density at radius 2 is 1.94 bits per heavy atom. The largest absolute Gasteiger partial charge is 0.396 e. The van der Waals surface area contributed by atoms with Crippen LogP contribution in [0, 0.1) is 5.92 Å². The van der Waals surface area contributed by atoms with Gasteiger partial charge in [0.25, 0.3) is 0 Å². The van der Waals surface area contributed by atoms with Gasteiger partial charge in [0.1, 0.15) is 0 Å². The number of benzene rings is 1.